The van der Waals surface area contributed by atoms with E-state index in [9.17, 15) is 9.59 Å². The van der Waals surface area contributed by atoms with E-state index in [-0.39, 0.29) is 6.42 Å². The van der Waals surface area contributed by atoms with Crippen molar-refractivity contribution >= 4 is 11.9 Å². The summed E-state index contributed by atoms with van der Waals surface area (Å²) in [6, 6.07) is 6.04. The zero-order valence-electron chi connectivity index (χ0n) is 10.6. The maximum Gasteiger partial charge on any atom is 0.328 e. The van der Waals surface area contributed by atoms with Crippen LogP contribution in [0.4, 0.5) is 0 Å². The SMILES string of the molecule is COc1ccccc1CCC(=O)N[C@@H](CO)C(=O)O. The van der Waals surface area contributed by atoms with Gasteiger partial charge in [-0.2, -0.15) is 0 Å². The van der Waals surface area contributed by atoms with Gasteiger partial charge in [0.15, 0.2) is 0 Å². The number of para-hydroxylation sites is 1. The van der Waals surface area contributed by atoms with Gasteiger partial charge in [-0.05, 0) is 18.1 Å². The van der Waals surface area contributed by atoms with E-state index in [1.807, 2.05) is 18.2 Å². The zero-order chi connectivity index (χ0) is 14.3. The highest BCUT2D eigenvalue weighted by molar-refractivity contribution is 5.83. The summed E-state index contributed by atoms with van der Waals surface area (Å²) < 4.78 is 5.15. The van der Waals surface area contributed by atoms with Gasteiger partial charge < -0.3 is 20.3 Å². The van der Waals surface area contributed by atoms with Gasteiger partial charge in [-0.25, -0.2) is 4.79 Å². The van der Waals surface area contributed by atoms with Crippen LogP contribution < -0.4 is 10.1 Å². The predicted molar refractivity (Wildman–Crippen MR) is 68.0 cm³/mol. The average molecular weight is 267 g/mol. The van der Waals surface area contributed by atoms with Gasteiger partial charge in [0.05, 0.1) is 13.7 Å². The van der Waals surface area contributed by atoms with E-state index in [4.69, 9.17) is 14.9 Å². The number of carboxylic acids is 1. The van der Waals surface area contributed by atoms with E-state index in [1.54, 1.807) is 13.2 Å². The molecule has 0 radical (unpaired) electrons. The molecule has 0 heterocycles. The Bertz CT molecular complexity index is 446. The van der Waals surface area contributed by atoms with Crippen molar-refractivity contribution in [2.45, 2.75) is 18.9 Å². The minimum Gasteiger partial charge on any atom is -0.496 e. The van der Waals surface area contributed by atoms with Gasteiger partial charge in [-0.3, -0.25) is 4.79 Å². The van der Waals surface area contributed by atoms with Crippen molar-refractivity contribution in [3.8, 4) is 5.75 Å². The number of carbonyl (C=O) groups is 2. The van der Waals surface area contributed by atoms with Gasteiger partial charge in [0, 0.05) is 6.42 Å². The summed E-state index contributed by atoms with van der Waals surface area (Å²) in [5.74, 6) is -0.993. The van der Waals surface area contributed by atoms with Crippen molar-refractivity contribution in [3.63, 3.8) is 0 Å². The van der Waals surface area contributed by atoms with Crippen LogP contribution >= 0.6 is 0 Å². The molecule has 0 aliphatic rings. The lowest BCUT2D eigenvalue weighted by atomic mass is 10.1. The first-order chi connectivity index (χ1) is 9.08. The Kier molecular flexibility index (Phi) is 5.81. The molecule has 0 saturated heterocycles. The number of rotatable bonds is 7. The van der Waals surface area contributed by atoms with Crippen molar-refractivity contribution in [2.75, 3.05) is 13.7 Å². The Morgan fingerprint density at radius 1 is 1.37 bits per heavy atom. The first-order valence-corrected chi connectivity index (χ1v) is 5.83. The highest BCUT2D eigenvalue weighted by Crippen LogP contribution is 2.18. The zero-order valence-corrected chi connectivity index (χ0v) is 10.6. The Morgan fingerprint density at radius 2 is 2.05 bits per heavy atom. The van der Waals surface area contributed by atoms with E-state index in [0.29, 0.717) is 12.2 Å². The lowest BCUT2D eigenvalue weighted by Gasteiger charge is -2.12. The molecular weight excluding hydrogens is 250 g/mol. The third-order valence-electron chi connectivity index (χ3n) is 2.63. The third kappa shape index (κ3) is 4.59. The van der Waals surface area contributed by atoms with Gasteiger partial charge in [-0.15, -0.1) is 0 Å². The molecule has 0 spiro atoms. The molecule has 3 N–H and O–H groups in total. The smallest absolute Gasteiger partial charge is 0.328 e. The first kappa shape index (κ1) is 15.0. The second-order valence-corrected chi connectivity index (χ2v) is 3.95. The van der Waals surface area contributed by atoms with Crippen LogP contribution in [0.1, 0.15) is 12.0 Å². The lowest BCUT2D eigenvalue weighted by Crippen LogP contribution is -2.43. The molecule has 0 aliphatic carbocycles. The molecule has 0 aliphatic heterocycles. The van der Waals surface area contributed by atoms with Crippen LogP contribution in [0.25, 0.3) is 0 Å². The van der Waals surface area contributed by atoms with Crippen LogP contribution in [0.5, 0.6) is 5.75 Å². The summed E-state index contributed by atoms with van der Waals surface area (Å²) in [6.07, 6.45) is 0.567. The molecule has 1 amide bonds. The van der Waals surface area contributed by atoms with Gasteiger partial charge in [0.25, 0.3) is 0 Å². The highest BCUT2D eigenvalue weighted by atomic mass is 16.5. The van der Waals surface area contributed by atoms with Crippen LogP contribution in [0.2, 0.25) is 0 Å². The number of methoxy groups -OCH3 is 1. The molecule has 1 aromatic rings. The molecule has 6 nitrogen and oxygen atoms in total. The highest BCUT2D eigenvalue weighted by Gasteiger charge is 2.18. The number of benzene rings is 1. The number of carboxylic acid groups (broad SMARTS) is 1. The van der Waals surface area contributed by atoms with Crippen LogP contribution in [0, 0.1) is 0 Å². The van der Waals surface area contributed by atoms with Gasteiger partial charge in [0.1, 0.15) is 11.8 Å². The van der Waals surface area contributed by atoms with Crippen molar-refractivity contribution in [1.82, 2.24) is 5.32 Å². The maximum atomic E-state index is 11.6. The Hall–Kier alpha value is -2.08. The fourth-order valence-electron chi connectivity index (χ4n) is 1.61. The number of aliphatic hydroxyl groups is 1. The third-order valence-corrected chi connectivity index (χ3v) is 2.63. The fourth-order valence-corrected chi connectivity index (χ4v) is 1.61. The van der Waals surface area contributed by atoms with Crippen LogP contribution in [0.15, 0.2) is 24.3 Å². The predicted octanol–water partition coefficient (Wildman–Crippen LogP) is 0.189. The number of nitrogens with one attached hydrogen (secondary N) is 1. The normalized spacial score (nSPS) is 11.7. The monoisotopic (exact) mass is 267 g/mol. The van der Waals surface area contributed by atoms with Crippen LogP contribution in [-0.2, 0) is 16.0 Å². The molecule has 19 heavy (non-hydrogen) atoms. The number of ether oxygens (including phenoxy) is 1. The number of hydrogen-bond donors (Lipinski definition) is 3. The Labute approximate surface area is 111 Å². The fraction of sp³-hybridized carbons (Fsp3) is 0.385. The molecule has 6 heteroatoms. The van der Waals surface area contributed by atoms with Gasteiger partial charge in [0.2, 0.25) is 5.91 Å². The number of aryl methyl sites for hydroxylation is 1. The van der Waals surface area contributed by atoms with E-state index < -0.39 is 24.5 Å². The summed E-state index contributed by atoms with van der Waals surface area (Å²) in [7, 11) is 1.55. The number of amides is 1. The van der Waals surface area contributed by atoms with E-state index >= 15 is 0 Å². The average Bonchev–Trinajstić information content (AvgIpc) is 2.42. The first-order valence-electron chi connectivity index (χ1n) is 5.83. The van der Waals surface area contributed by atoms with Crippen molar-refractivity contribution in [1.29, 1.82) is 0 Å². The molecule has 0 unspecified atom stereocenters. The Morgan fingerprint density at radius 3 is 2.63 bits per heavy atom. The molecule has 0 saturated carbocycles. The summed E-state index contributed by atoms with van der Waals surface area (Å²) in [5.41, 5.74) is 0.871. The largest absolute Gasteiger partial charge is 0.496 e. The van der Waals surface area contributed by atoms with Crippen LogP contribution in [0.3, 0.4) is 0 Å². The minimum atomic E-state index is -1.26. The van der Waals surface area contributed by atoms with Crippen molar-refractivity contribution < 1.29 is 24.5 Å². The molecule has 0 aromatic heterocycles. The van der Waals surface area contributed by atoms with Gasteiger partial charge >= 0.3 is 5.97 Å². The summed E-state index contributed by atoms with van der Waals surface area (Å²) in [6.45, 7) is -0.629. The standard InChI is InChI=1S/C13H17NO5/c1-19-11-5-3-2-4-9(11)6-7-12(16)14-10(8-15)13(17)18/h2-5,10,15H,6-8H2,1H3,(H,14,16)(H,17,18)/t10-/m0/s1. The molecule has 0 fully saturated rings. The molecule has 1 atom stereocenters. The minimum absolute atomic E-state index is 0.129. The van der Waals surface area contributed by atoms with Crippen molar-refractivity contribution in [2.24, 2.45) is 0 Å². The summed E-state index contributed by atoms with van der Waals surface area (Å²) in [4.78, 5) is 22.2. The van der Waals surface area contributed by atoms with E-state index in [1.165, 1.54) is 0 Å². The second-order valence-electron chi connectivity index (χ2n) is 3.95. The van der Waals surface area contributed by atoms with E-state index in [0.717, 1.165) is 5.56 Å². The number of aliphatic hydroxyl groups excluding tert-OH is 1. The molecule has 104 valence electrons. The quantitative estimate of drug-likeness (QED) is 0.655. The lowest BCUT2D eigenvalue weighted by molar-refractivity contribution is -0.142. The second kappa shape index (κ2) is 7.38. The number of carbonyl (C=O) groups excluding carboxylic acids is 1. The van der Waals surface area contributed by atoms with Crippen molar-refractivity contribution in [3.05, 3.63) is 29.8 Å². The number of aliphatic carboxylic acids is 1. The molecule has 1 aromatic carbocycles. The number of hydrogen-bond acceptors (Lipinski definition) is 4. The van der Waals surface area contributed by atoms with Gasteiger partial charge in [-0.1, -0.05) is 18.2 Å². The maximum absolute atomic E-state index is 11.6. The van der Waals surface area contributed by atoms with E-state index in [2.05, 4.69) is 5.32 Å². The Balaban J connectivity index is 2.52. The van der Waals surface area contributed by atoms with Crippen LogP contribution in [-0.4, -0.2) is 41.8 Å². The summed E-state index contributed by atoms with van der Waals surface area (Å²) >= 11 is 0. The molecule has 1 rings (SSSR count). The molecule has 0 bridgehead atoms. The molecular formula is C13H17NO5. The summed E-state index contributed by atoms with van der Waals surface area (Å²) in [5, 5.41) is 19.7. The topological polar surface area (TPSA) is 95.9 Å².